The number of likely N-dealkylation sites (tertiary alicyclic amines) is 1. The molecular formula is C13H15FN2O. The Kier molecular flexibility index (Phi) is 2.59. The van der Waals surface area contributed by atoms with E-state index in [4.69, 9.17) is 0 Å². The van der Waals surface area contributed by atoms with Crippen LogP contribution in [0.3, 0.4) is 0 Å². The van der Waals surface area contributed by atoms with E-state index in [0.29, 0.717) is 25.2 Å². The van der Waals surface area contributed by atoms with Gasteiger partial charge in [-0.05, 0) is 25.0 Å². The Hall–Kier alpha value is -1.42. The van der Waals surface area contributed by atoms with Gasteiger partial charge in [-0.25, -0.2) is 4.39 Å². The summed E-state index contributed by atoms with van der Waals surface area (Å²) in [5.74, 6) is -0.607. The topological polar surface area (TPSA) is 32.3 Å². The molecule has 0 aliphatic carbocycles. The van der Waals surface area contributed by atoms with Gasteiger partial charge in [0.05, 0.1) is 5.56 Å². The van der Waals surface area contributed by atoms with Crippen molar-refractivity contribution in [1.82, 2.24) is 10.2 Å². The van der Waals surface area contributed by atoms with Crippen molar-refractivity contribution in [3.8, 4) is 0 Å². The van der Waals surface area contributed by atoms with Gasteiger partial charge in [-0.2, -0.15) is 0 Å². The summed E-state index contributed by atoms with van der Waals surface area (Å²) in [5.41, 5.74) is 0.189. The zero-order valence-corrected chi connectivity index (χ0v) is 9.53. The van der Waals surface area contributed by atoms with Crippen LogP contribution in [0.5, 0.6) is 0 Å². The van der Waals surface area contributed by atoms with Gasteiger partial charge in [0.15, 0.2) is 0 Å². The maximum atomic E-state index is 13.5. The van der Waals surface area contributed by atoms with E-state index in [1.807, 2.05) is 0 Å². The SMILES string of the molecule is O=C(c1ccccc1F)N1CC2CCC(C1)N2. The predicted octanol–water partition coefficient (Wildman–Crippen LogP) is 1.40. The van der Waals surface area contributed by atoms with E-state index in [0.717, 1.165) is 12.8 Å². The molecule has 2 heterocycles. The van der Waals surface area contributed by atoms with Crippen molar-refractivity contribution in [2.24, 2.45) is 0 Å². The lowest BCUT2D eigenvalue weighted by molar-refractivity contribution is 0.0693. The number of hydrogen-bond donors (Lipinski definition) is 1. The molecule has 3 rings (SSSR count). The molecule has 0 saturated carbocycles. The fourth-order valence-electron chi connectivity index (χ4n) is 2.77. The van der Waals surface area contributed by atoms with Crippen LogP contribution >= 0.6 is 0 Å². The molecule has 17 heavy (non-hydrogen) atoms. The number of nitrogens with one attached hydrogen (secondary N) is 1. The molecule has 2 unspecified atom stereocenters. The van der Waals surface area contributed by atoms with E-state index in [1.54, 1.807) is 23.1 Å². The van der Waals surface area contributed by atoms with Gasteiger partial charge in [-0.15, -0.1) is 0 Å². The van der Waals surface area contributed by atoms with E-state index in [2.05, 4.69) is 5.32 Å². The number of fused-ring (bicyclic) bond motifs is 2. The number of benzene rings is 1. The summed E-state index contributed by atoms with van der Waals surface area (Å²) in [5, 5.41) is 3.45. The molecule has 4 heteroatoms. The lowest BCUT2D eigenvalue weighted by Crippen LogP contribution is -2.53. The average molecular weight is 234 g/mol. The summed E-state index contributed by atoms with van der Waals surface area (Å²) in [4.78, 5) is 14.0. The maximum absolute atomic E-state index is 13.5. The van der Waals surface area contributed by atoms with Gasteiger partial charge in [-0.3, -0.25) is 4.79 Å². The Morgan fingerprint density at radius 3 is 2.53 bits per heavy atom. The largest absolute Gasteiger partial charge is 0.335 e. The minimum absolute atomic E-state index is 0.179. The van der Waals surface area contributed by atoms with Crippen molar-refractivity contribution in [1.29, 1.82) is 0 Å². The van der Waals surface area contributed by atoms with E-state index < -0.39 is 5.82 Å². The number of carbonyl (C=O) groups excluding carboxylic acids is 1. The molecule has 2 aliphatic heterocycles. The van der Waals surface area contributed by atoms with E-state index in [-0.39, 0.29) is 11.5 Å². The van der Waals surface area contributed by atoms with Crippen LogP contribution in [-0.2, 0) is 0 Å². The van der Waals surface area contributed by atoms with Crippen molar-refractivity contribution in [3.63, 3.8) is 0 Å². The highest BCUT2D eigenvalue weighted by atomic mass is 19.1. The first-order chi connectivity index (χ1) is 8.24. The van der Waals surface area contributed by atoms with Crippen LogP contribution in [0.25, 0.3) is 0 Å². The Morgan fingerprint density at radius 1 is 1.24 bits per heavy atom. The standard InChI is InChI=1S/C13H15FN2O/c14-12-4-2-1-3-11(12)13(17)16-7-9-5-6-10(8-16)15-9/h1-4,9-10,15H,5-8H2. The summed E-state index contributed by atoms with van der Waals surface area (Å²) >= 11 is 0. The van der Waals surface area contributed by atoms with Crippen LogP contribution in [0.4, 0.5) is 4.39 Å². The molecule has 0 spiro atoms. The first-order valence-corrected chi connectivity index (χ1v) is 6.04. The Balaban J connectivity index is 1.81. The van der Waals surface area contributed by atoms with Crippen LogP contribution in [0.1, 0.15) is 23.2 Å². The molecule has 0 aromatic heterocycles. The number of carbonyl (C=O) groups is 1. The van der Waals surface area contributed by atoms with Crippen LogP contribution in [0.2, 0.25) is 0 Å². The Bertz CT molecular complexity index is 437. The highest BCUT2D eigenvalue weighted by Gasteiger charge is 2.34. The van der Waals surface area contributed by atoms with Gasteiger partial charge in [0.1, 0.15) is 5.82 Å². The smallest absolute Gasteiger partial charge is 0.256 e. The molecule has 2 aliphatic rings. The average Bonchev–Trinajstić information content (AvgIpc) is 2.68. The third kappa shape index (κ3) is 1.93. The van der Waals surface area contributed by atoms with Crippen LogP contribution in [0.15, 0.2) is 24.3 Å². The molecule has 1 amide bonds. The first kappa shape index (κ1) is 10.7. The van der Waals surface area contributed by atoms with Gasteiger partial charge in [0.25, 0.3) is 5.91 Å². The van der Waals surface area contributed by atoms with Crippen LogP contribution in [-0.4, -0.2) is 36.0 Å². The molecule has 1 N–H and O–H groups in total. The normalized spacial score (nSPS) is 27.2. The number of amides is 1. The van der Waals surface area contributed by atoms with Gasteiger partial charge in [0.2, 0.25) is 0 Å². The molecule has 0 radical (unpaired) electrons. The molecule has 1 aromatic rings. The van der Waals surface area contributed by atoms with Gasteiger partial charge < -0.3 is 10.2 Å². The number of rotatable bonds is 1. The molecule has 90 valence electrons. The number of nitrogens with zero attached hydrogens (tertiary/aromatic N) is 1. The maximum Gasteiger partial charge on any atom is 0.256 e. The molecule has 3 nitrogen and oxygen atoms in total. The zero-order valence-electron chi connectivity index (χ0n) is 9.53. The van der Waals surface area contributed by atoms with E-state index in [9.17, 15) is 9.18 Å². The minimum Gasteiger partial charge on any atom is -0.335 e. The van der Waals surface area contributed by atoms with Crippen molar-refractivity contribution in [3.05, 3.63) is 35.6 Å². The molecule has 2 bridgehead atoms. The second-order valence-electron chi connectivity index (χ2n) is 4.83. The predicted molar refractivity (Wildman–Crippen MR) is 62.2 cm³/mol. The fraction of sp³-hybridized carbons (Fsp3) is 0.462. The number of hydrogen-bond acceptors (Lipinski definition) is 2. The molecule has 2 atom stereocenters. The molecular weight excluding hydrogens is 219 g/mol. The zero-order chi connectivity index (χ0) is 11.8. The Morgan fingerprint density at radius 2 is 1.88 bits per heavy atom. The van der Waals surface area contributed by atoms with Gasteiger partial charge in [0, 0.05) is 25.2 Å². The summed E-state index contributed by atoms with van der Waals surface area (Å²) in [6, 6.07) is 6.99. The summed E-state index contributed by atoms with van der Waals surface area (Å²) in [6.07, 6.45) is 2.23. The van der Waals surface area contributed by atoms with Crippen LogP contribution < -0.4 is 5.32 Å². The quantitative estimate of drug-likeness (QED) is 0.796. The van der Waals surface area contributed by atoms with Crippen molar-refractivity contribution >= 4 is 5.91 Å². The molecule has 2 saturated heterocycles. The number of piperazine rings is 1. The second-order valence-corrected chi connectivity index (χ2v) is 4.83. The van der Waals surface area contributed by atoms with Crippen LogP contribution in [0, 0.1) is 5.82 Å². The monoisotopic (exact) mass is 234 g/mol. The van der Waals surface area contributed by atoms with Gasteiger partial charge in [-0.1, -0.05) is 12.1 Å². The highest BCUT2D eigenvalue weighted by molar-refractivity contribution is 5.94. The van der Waals surface area contributed by atoms with E-state index in [1.165, 1.54) is 6.07 Å². The lowest BCUT2D eigenvalue weighted by atomic mass is 10.1. The molecule has 2 fully saturated rings. The summed E-state index contributed by atoms with van der Waals surface area (Å²) in [7, 11) is 0. The Labute approximate surface area is 99.6 Å². The lowest BCUT2D eigenvalue weighted by Gasteiger charge is -2.33. The summed E-state index contributed by atoms with van der Waals surface area (Å²) in [6.45, 7) is 1.40. The molecule has 1 aromatic carbocycles. The fourth-order valence-corrected chi connectivity index (χ4v) is 2.77. The summed E-state index contributed by atoms with van der Waals surface area (Å²) < 4.78 is 13.5. The minimum atomic E-state index is -0.427. The van der Waals surface area contributed by atoms with E-state index >= 15 is 0 Å². The first-order valence-electron chi connectivity index (χ1n) is 6.04. The van der Waals surface area contributed by atoms with Crippen molar-refractivity contribution < 1.29 is 9.18 Å². The highest BCUT2D eigenvalue weighted by Crippen LogP contribution is 2.22. The number of halogens is 1. The second kappa shape index (κ2) is 4.11. The third-order valence-corrected chi connectivity index (χ3v) is 3.61. The van der Waals surface area contributed by atoms with Crippen molar-refractivity contribution in [2.75, 3.05) is 13.1 Å². The van der Waals surface area contributed by atoms with Gasteiger partial charge >= 0.3 is 0 Å². The third-order valence-electron chi connectivity index (χ3n) is 3.61. The van der Waals surface area contributed by atoms with Crippen molar-refractivity contribution in [2.45, 2.75) is 24.9 Å².